The van der Waals surface area contributed by atoms with Crippen LogP contribution in [-0.4, -0.2) is 19.8 Å². The van der Waals surface area contributed by atoms with E-state index < -0.39 is 0 Å². The van der Waals surface area contributed by atoms with Gasteiger partial charge in [-0.3, -0.25) is 0 Å². The Morgan fingerprint density at radius 3 is 2.50 bits per heavy atom. The molecule has 1 aliphatic carbocycles. The van der Waals surface area contributed by atoms with Gasteiger partial charge in [-0.05, 0) is 38.1 Å². The fraction of sp³-hybridized carbons (Fsp3) is 1.00. The minimum absolute atomic E-state index is 0.381. The van der Waals surface area contributed by atoms with E-state index in [1.807, 2.05) is 0 Å². The molecule has 0 spiro atoms. The number of rotatable bonds is 4. The first-order valence-corrected chi connectivity index (χ1v) is 3.95. The van der Waals surface area contributed by atoms with Gasteiger partial charge in [0, 0.05) is 7.11 Å². The highest BCUT2D eigenvalue weighted by molar-refractivity contribution is 4.94. The lowest BCUT2D eigenvalue weighted by Crippen LogP contribution is -2.21. The second-order valence-electron chi connectivity index (χ2n) is 3.45. The van der Waals surface area contributed by atoms with Crippen LogP contribution in [0.25, 0.3) is 0 Å². The van der Waals surface area contributed by atoms with Gasteiger partial charge in [0.15, 0.2) is 0 Å². The minimum Gasteiger partial charge on any atom is -0.382 e. The first-order chi connectivity index (χ1) is 4.72. The molecule has 1 fully saturated rings. The van der Waals surface area contributed by atoms with E-state index >= 15 is 0 Å². The van der Waals surface area contributed by atoms with Gasteiger partial charge in [0.2, 0.25) is 0 Å². The number of hydrogen-bond donors (Lipinski definition) is 1. The first-order valence-electron chi connectivity index (χ1n) is 3.95. The Balaban J connectivity index is 2.23. The Kier molecular flexibility index (Phi) is 2.32. The molecule has 2 N–H and O–H groups in total. The van der Waals surface area contributed by atoms with Crippen LogP contribution in [0.5, 0.6) is 0 Å². The summed E-state index contributed by atoms with van der Waals surface area (Å²) in [6.45, 7) is 2.94. The number of methoxy groups -OCH3 is 1. The normalized spacial score (nSPS) is 24.3. The molecule has 0 aliphatic heterocycles. The molecule has 0 radical (unpaired) electrons. The van der Waals surface area contributed by atoms with Crippen LogP contribution in [0.15, 0.2) is 0 Å². The van der Waals surface area contributed by atoms with E-state index in [0.717, 1.165) is 13.0 Å². The van der Waals surface area contributed by atoms with E-state index in [0.29, 0.717) is 11.5 Å². The third kappa shape index (κ3) is 1.70. The van der Waals surface area contributed by atoms with Crippen molar-refractivity contribution in [3.8, 4) is 0 Å². The van der Waals surface area contributed by atoms with Crippen molar-refractivity contribution in [2.24, 2.45) is 11.1 Å². The summed E-state index contributed by atoms with van der Waals surface area (Å²) in [7, 11) is 1.76. The topological polar surface area (TPSA) is 35.2 Å². The Morgan fingerprint density at radius 1 is 1.60 bits per heavy atom. The summed E-state index contributed by atoms with van der Waals surface area (Å²) in [5.74, 6) is 0. The quantitative estimate of drug-likeness (QED) is 0.640. The highest BCUT2D eigenvalue weighted by Gasteiger charge is 2.41. The molecule has 1 saturated carbocycles. The lowest BCUT2D eigenvalue weighted by Gasteiger charge is -2.16. The fourth-order valence-electron chi connectivity index (χ4n) is 1.36. The van der Waals surface area contributed by atoms with Gasteiger partial charge in [-0.25, -0.2) is 0 Å². The van der Waals surface area contributed by atoms with Crippen LogP contribution in [0.4, 0.5) is 0 Å². The molecular weight excluding hydrogens is 126 g/mol. The van der Waals surface area contributed by atoms with E-state index in [2.05, 4.69) is 6.92 Å². The second kappa shape index (κ2) is 2.89. The maximum Gasteiger partial charge on any atom is 0.0549 e. The molecule has 2 nitrogen and oxygen atoms in total. The average molecular weight is 143 g/mol. The fourth-order valence-corrected chi connectivity index (χ4v) is 1.36. The molecule has 0 bridgehead atoms. The molecule has 0 aromatic rings. The summed E-state index contributed by atoms with van der Waals surface area (Å²) in [4.78, 5) is 0. The third-order valence-corrected chi connectivity index (χ3v) is 2.51. The largest absolute Gasteiger partial charge is 0.382 e. The highest BCUT2D eigenvalue weighted by atomic mass is 16.5. The van der Waals surface area contributed by atoms with Gasteiger partial charge >= 0.3 is 0 Å². The second-order valence-corrected chi connectivity index (χ2v) is 3.45. The van der Waals surface area contributed by atoms with Crippen molar-refractivity contribution in [2.45, 2.75) is 32.3 Å². The number of ether oxygens (including phenoxy) is 1. The van der Waals surface area contributed by atoms with Crippen molar-refractivity contribution >= 4 is 0 Å². The minimum atomic E-state index is 0.381. The lowest BCUT2D eigenvalue weighted by molar-refractivity contribution is 0.0919. The van der Waals surface area contributed by atoms with Crippen LogP contribution < -0.4 is 5.73 Å². The van der Waals surface area contributed by atoms with E-state index in [4.69, 9.17) is 10.5 Å². The summed E-state index contributed by atoms with van der Waals surface area (Å²) in [5.41, 5.74) is 6.08. The molecule has 1 unspecified atom stereocenters. The molecule has 60 valence electrons. The van der Waals surface area contributed by atoms with Crippen LogP contribution in [-0.2, 0) is 4.74 Å². The van der Waals surface area contributed by atoms with Gasteiger partial charge in [-0.2, -0.15) is 0 Å². The molecule has 0 heterocycles. The molecule has 1 aliphatic rings. The molecule has 1 atom stereocenters. The van der Waals surface area contributed by atoms with Crippen molar-refractivity contribution in [3.63, 3.8) is 0 Å². The van der Waals surface area contributed by atoms with Crippen LogP contribution >= 0.6 is 0 Å². The summed E-state index contributed by atoms with van der Waals surface area (Å²) in [6, 6.07) is 0. The molecule has 0 saturated heterocycles. The molecule has 10 heavy (non-hydrogen) atoms. The van der Waals surface area contributed by atoms with Crippen LogP contribution in [0.2, 0.25) is 0 Å². The van der Waals surface area contributed by atoms with Gasteiger partial charge in [-0.15, -0.1) is 0 Å². The maximum atomic E-state index is 5.62. The Morgan fingerprint density at radius 2 is 2.20 bits per heavy atom. The van der Waals surface area contributed by atoms with E-state index in [9.17, 15) is 0 Å². The van der Waals surface area contributed by atoms with Gasteiger partial charge in [-0.1, -0.05) is 0 Å². The summed E-state index contributed by atoms with van der Waals surface area (Å²) in [5, 5.41) is 0. The van der Waals surface area contributed by atoms with Crippen molar-refractivity contribution < 1.29 is 4.74 Å². The van der Waals surface area contributed by atoms with E-state index in [1.54, 1.807) is 7.11 Å². The summed E-state index contributed by atoms with van der Waals surface area (Å²) < 4.78 is 5.17. The van der Waals surface area contributed by atoms with Gasteiger partial charge < -0.3 is 10.5 Å². The Labute approximate surface area is 62.7 Å². The monoisotopic (exact) mass is 143 g/mol. The van der Waals surface area contributed by atoms with Crippen molar-refractivity contribution in [1.29, 1.82) is 0 Å². The zero-order chi connectivity index (χ0) is 7.61. The number of hydrogen-bond acceptors (Lipinski definition) is 2. The predicted molar refractivity (Wildman–Crippen MR) is 41.8 cm³/mol. The lowest BCUT2D eigenvalue weighted by atomic mass is 10.00. The van der Waals surface area contributed by atoms with Gasteiger partial charge in [0.25, 0.3) is 0 Å². The SMILES string of the molecule is COC(C)CC1(CN)CC1. The summed E-state index contributed by atoms with van der Waals surface area (Å²) in [6.07, 6.45) is 4.13. The van der Waals surface area contributed by atoms with E-state index in [1.165, 1.54) is 12.8 Å². The van der Waals surface area contributed by atoms with Crippen LogP contribution in [0.1, 0.15) is 26.2 Å². The molecule has 1 rings (SSSR count). The molecule has 0 aromatic heterocycles. The standard InChI is InChI=1S/C8H17NO/c1-7(10-2)5-8(6-9)3-4-8/h7H,3-6,9H2,1-2H3. The van der Waals surface area contributed by atoms with Gasteiger partial charge in [0.1, 0.15) is 0 Å². The number of nitrogens with two attached hydrogens (primary N) is 1. The average Bonchev–Trinajstić information content (AvgIpc) is 2.70. The Hall–Kier alpha value is -0.0800. The van der Waals surface area contributed by atoms with Gasteiger partial charge in [0.05, 0.1) is 6.10 Å². The molecule has 0 amide bonds. The Bertz CT molecular complexity index is 110. The van der Waals surface area contributed by atoms with E-state index in [-0.39, 0.29) is 0 Å². The maximum absolute atomic E-state index is 5.62. The zero-order valence-electron chi connectivity index (χ0n) is 6.89. The molecule has 2 heteroatoms. The molecule has 0 aromatic carbocycles. The van der Waals surface area contributed by atoms with Crippen LogP contribution in [0, 0.1) is 5.41 Å². The predicted octanol–water partition coefficient (Wildman–Crippen LogP) is 1.15. The zero-order valence-corrected chi connectivity index (χ0v) is 6.89. The summed E-state index contributed by atoms with van der Waals surface area (Å²) >= 11 is 0. The molecular formula is C8H17NO. The first kappa shape index (κ1) is 8.02. The highest BCUT2D eigenvalue weighted by Crippen LogP contribution is 2.48. The van der Waals surface area contributed by atoms with Crippen molar-refractivity contribution in [1.82, 2.24) is 0 Å². The van der Waals surface area contributed by atoms with Crippen molar-refractivity contribution in [3.05, 3.63) is 0 Å². The smallest absolute Gasteiger partial charge is 0.0549 e. The van der Waals surface area contributed by atoms with Crippen LogP contribution in [0.3, 0.4) is 0 Å². The van der Waals surface area contributed by atoms with Crippen molar-refractivity contribution in [2.75, 3.05) is 13.7 Å². The third-order valence-electron chi connectivity index (χ3n) is 2.51.